The zero-order valence-electron chi connectivity index (χ0n) is 19.2. The summed E-state index contributed by atoms with van der Waals surface area (Å²) in [5.74, 6) is 0.778. The number of thiophene rings is 1. The van der Waals surface area contributed by atoms with E-state index in [-0.39, 0.29) is 23.9 Å². The van der Waals surface area contributed by atoms with Crippen LogP contribution in [0.1, 0.15) is 69.7 Å². The maximum absolute atomic E-state index is 13.4. The smallest absolute Gasteiger partial charge is 0.242 e. The van der Waals surface area contributed by atoms with Crippen molar-refractivity contribution in [3.63, 3.8) is 0 Å². The Labute approximate surface area is 191 Å². The molecule has 0 bridgehead atoms. The Bertz CT molecular complexity index is 821. The zero-order valence-corrected chi connectivity index (χ0v) is 20.0. The van der Waals surface area contributed by atoms with Crippen molar-refractivity contribution in [3.05, 3.63) is 58.3 Å². The average Bonchev–Trinajstić information content (AvgIpc) is 3.43. The van der Waals surface area contributed by atoms with Crippen molar-refractivity contribution in [2.24, 2.45) is 5.92 Å². The van der Waals surface area contributed by atoms with Gasteiger partial charge in [0.1, 0.15) is 6.54 Å². The third-order valence-corrected chi connectivity index (χ3v) is 7.00. The van der Waals surface area contributed by atoms with E-state index in [0.29, 0.717) is 25.4 Å². The molecule has 1 aromatic heterocycles. The Morgan fingerprint density at radius 3 is 2.29 bits per heavy atom. The van der Waals surface area contributed by atoms with Crippen LogP contribution in [-0.4, -0.2) is 33.7 Å². The highest BCUT2D eigenvalue weighted by Crippen LogP contribution is 2.29. The molecular weight excluding hydrogens is 404 g/mol. The topological polar surface area (TPSA) is 40.6 Å². The van der Waals surface area contributed by atoms with Gasteiger partial charge in [0.15, 0.2) is 0 Å². The molecule has 0 spiro atoms. The van der Waals surface area contributed by atoms with Crippen LogP contribution >= 0.6 is 11.3 Å². The molecule has 1 heterocycles. The monoisotopic (exact) mass is 440 g/mol. The predicted octanol–water partition coefficient (Wildman–Crippen LogP) is 5.87. The molecular formula is C26H36N2O2S. The van der Waals surface area contributed by atoms with Gasteiger partial charge >= 0.3 is 0 Å². The quantitative estimate of drug-likeness (QED) is 0.489. The lowest BCUT2D eigenvalue weighted by atomic mass is 9.99. The molecule has 0 N–H and O–H groups in total. The first kappa shape index (κ1) is 23.5. The molecule has 1 saturated carbocycles. The first-order valence-electron chi connectivity index (χ1n) is 11.5. The van der Waals surface area contributed by atoms with E-state index in [9.17, 15) is 9.59 Å². The van der Waals surface area contributed by atoms with Gasteiger partial charge in [-0.1, -0.05) is 62.1 Å². The highest BCUT2D eigenvalue weighted by atomic mass is 32.1. The van der Waals surface area contributed by atoms with Crippen LogP contribution in [0.15, 0.2) is 47.8 Å². The Hall–Kier alpha value is -2.14. The van der Waals surface area contributed by atoms with Crippen molar-refractivity contribution in [2.45, 2.75) is 77.9 Å². The van der Waals surface area contributed by atoms with Gasteiger partial charge in [-0.25, -0.2) is 0 Å². The molecule has 0 radical (unpaired) electrons. The van der Waals surface area contributed by atoms with Crippen LogP contribution < -0.4 is 0 Å². The number of nitrogens with zero attached hydrogens (tertiary/aromatic N) is 2. The average molecular weight is 441 g/mol. The van der Waals surface area contributed by atoms with E-state index in [0.717, 1.165) is 16.9 Å². The van der Waals surface area contributed by atoms with Crippen molar-refractivity contribution in [3.8, 4) is 0 Å². The van der Waals surface area contributed by atoms with E-state index in [1.165, 1.54) is 25.7 Å². The molecule has 168 valence electrons. The Balaban J connectivity index is 1.69. The molecule has 4 nitrogen and oxygen atoms in total. The largest absolute Gasteiger partial charge is 0.332 e. The summed E-state index contributed by atoms with van der Waals surface area (Å²) in [7, 11) is 0. The van der Waals surface area contributed by atoms with Crippen molar-refractivity contribution in [1.29, 1.82) is 0 Å². The first-order chi connectivity index (χ1) is 14.8. The number of amides is 2. The molecule has 1 fully saturated rings. The fourth-order valence-electron chi connectivity index (χ4n) is 4.32. The number of rotatable bonds is 9. The molecule has 1 aliphatic rings. The van der Waals surface area contributed by atoms with Crippen molar-refractivity contribution in [1.82, 2.24) is 9.80 Å². The normalized spacial score (nSPS) is 14.5. The molecule has 2 aromatic rings. The van der Waals surface area contributed by atoms with Crippen LogP contribution in [0.4, 0.5) is 0 Å². The minimum Gasteiger partial charge on any atom is -0.332 e. The summed E-state index contributed by atoms with van der Waals surface area (Å²) in [4.78, 5) is 31.4. The van der Waals surface area contributed by atoms with Crippen LogP contribution in [0.3, 0.4) is 0 Å². The molecule has 0 atom stereocenters. The number of benzene rings is 1. The second kappa shape index (κ2) is 10.9. The van der Waals surface area contributed by atoms with Gasteiger partial charge in [0.25, 0.3) is 0 Å². The summed E-state index contributed by atoms with van der Waals surface area (Å²) >= 11 is 1.66. The van der Waals surface area contributed by atoms with Gasteiger partial charge in [-0.2, -0.15) is 0 Å². The summed E-state index contributed by atoms with van der Waals surface area (Å²) in [5.41, 5.74) is 0.714. The summed E-state index contributed by atoms with van der Waals surface area (Å²) < 4.78 is 0. The van der Waals surface area contributed by atoms with Gasteiger partial charge < -0.3 is 9.80 Å². The van der Waals surface area contributed by atoms with Crippen LogP contribution in [0.2, 0.25) is 0 Å². The molecule has 2 amide bonds. The minimum absolute atomic E-state index is 0.00129. The van der Waals surface area contributed by atoms with Crippen molar-refractivity contribution < 1.29 is 9.59 Å². The molecule has 0 unspecified atom stereocenters. The Kier molecular flexibility index (Phi) is 8.30. The van der Waals surface area contributed by atoms with Gasteiger partial charge in [0.05, 0.1) is 6.54 Å². The van der Waals surface area contributed by atoms with Gasteiger partial charge in [-0.05, 0) is 50.1 Å². The second-order valence-electron chi connectivity index (χ2n) is 9.65. The zero-order chi connectivity index (χ0) is 22.3. The van der Waals surface area contributed by atoms with Gasteiger partial charge in [0.2, 0.25) is 11.8 Å². The van der Waals surface area contributed by atoms with E-state index in [4.69, 9.17) is 0 Å². The second-order valence-corrected chi connectivity index (χ2v) is 10.7. The van der Waals surface area contributed by atoms with Crippen LogP contribution in [0.25, 0.3) is 0 Å². The number of carbonyl (C=O) groups excluding carboxylic acids is 2. The molecule has 0 aliphatic heterocycles. The highest BCUT2D eigenvalue weighted by molar-refractivity contribution is 7.09. The van der Waals surface area contributed by atoms with E-state index in [2.05, 4.69) is 6.07 Å². The lowest BCUT2D eigenvalue weighted by molar-refractivity contribution is -0.145. The number of hydrogen-bond donors (Lipinski definition) is 0. The van der Waals surface area contributed by atoms with Crippen LogP contribution in [0, 0.1) is 5.92 Å². The summed E-state index contributed by atoms with van der Waals surface area (Å²) in [5, 5.41) is 2.04. The lowest BCUT2D eigenvalue weighted by Crippen LogP contribution is -2.51. The predicted molar refractivity (Wildman–Crippen MR) is 128 cm³/mol. The third-order valence-electron chi connectivity index (χ3n) is 6.14. The molecule has 1 aliphatic carbocycles. The fraction of sp³-hybridized carbons (Fsp3) is 0.538. The molecule has 0 saturated heterocycles. The third kappa shape index (κ3) is 7.20. The Morgan fingerprint density at radius 2 is 1.68 bits per heavy atom. The van der Waals surface area contributed by atoms with E-state index < -0.39 is 0 Å². The summed E-state index contributed by atoms with van der Waals surface area (Å²) in [6.45, 7) is 7.31. The van der Waals surface area contributed by atoms with E-state index in [1.807, 2.05) is 67.4 Å². The van der Waals surface area contributed by atoms with Gasteiger partial charge in [-0.15, -0.1) is 11.3 Å². The minimum atomic E-state index is -0.385. The number of carbonyl (C=O) groups is 2. The number of hydrogen-bond acceptors (Lipinski definition) is 3. The maximum atomic E-state index is 13.4. The summed E-state index contributed by atoms with van der Waals surface area (Å²) in [6.07, 6.45) is 6.55. The first-order valence-corrected chi connectivity index (χ1v) is 12.4. The lowest BCUT2D eigenvalue weighted by Gasteiger charge is -2.37. The van der Waals surface area contributed by atoms with E-state index >= 15 is 0 Å². The van der Waals surface area contributed by atoms with E-state index in [1.54, 1.807) is 16.2 Å². The molecule has 31 heavy (non-hydrogen) atoms. The molecule has 5 heteroatoms. The standard InChI is InChI=1S/C26H36N2O2S/c1-26(2,3)28(24(29)16-15-21-10-7-8-11-21)20-25(30)27(19-23-14-9-17-31-23)18-22-12-5-4-6-13-22/h4-6,9,12-14,17,21H,7-8,10-11,15-16,18-20H2,1-3H3. The van der Waals surface area contributed by atoms with Crippen LogP contribution in [0.5, 0.6) is 0 Å². The van der Waals surface area contributed by atoms with Gasteiger partial charge in [0, 0.05) is 23.4 Å². The van der Waals surface area contributed by atoms with Crippen molar-refractivity contribution >= 4 is 23.2 Å². The molecule has 3 rings (SSSR count). The van der Waals surface area contributed by atoms with Gasteiger partial charge in [-0.3, -0.25) is 9.59 Å². The van der Waals surface area contributed by atoms with Crippen LogP contribution in [-0.2, 0) is 22.7 Å². The highest BCUT2D eigenvalue weighted by Gasteiger charge is 2.30. The SMILES string of the molecule is CC(C)(C)N(CC(=O)N(Cc1ccccc1)Cc1cccs1)C(=O)CCC1CCCC1. The summed E-state index contributed by atoms with van der Waals surface area (Å²) in [6, 6.07) is 14.1. The maximum Gasteiger partial charge on any atom is 0.242 e. The van der Waals surface area contributed by atoms with Crippen molar-refractivity contribution in [2.75, 3.05) is 6.54 Å². The Morgan fingerprint density at radius 1 is 0.968 bits per heavy atom. The molecule has 1 aromatic carbocycles. The fourth-order valence-corrected chi connectivity index (χ4v) is 5.04.